The number of likely N-dealkylation sites (N-methyl/N-ethyl adjacent to an activating group) is 1. The standard InChI is InChI=1S/C13H22BrN3/c1-10(2)4-5-17(3)13(7-15)11-6-12(14)9-16-8-11/h6,8-10,13H,4-5,7,15H2,1-3H3. The van der Waals surface area contributed by atoms with Gasteiger partial charge in [0.05, 0.1) is 0 Å². The summed E-state index contributed by atoms with van der Waals surface area (Å²) in [6.45, 7) is 6.16. The van der Waals surface area contributed by atoms with Gasteiger partial charge in [0.1, 0.15) is 0 Å². The molecule has 1 aromatic rings. The van der Waals surface area contributed by atoms with Crippen LogP contribution in [0.3, 0.4) is 0 Å². The quantitative estimate of drug-likeness (QED) is 0.878. The van der Waals surface area contributed by atoms with Crippen LogP contribution in [0.4, 0.5) is 0 Å². The third-order valence-corrected chi connectivity index (χ3v) is 3.36. The zero-order valence-electron chi connectivity index (χ0n) is 10.9. The van der Waals surface area contributed by atoms with Crippen LogP contribution in [0.25, 0.3) is 0 Å². The number of hydrogen-bond donors (Lipinski definition) is 1. The Balaban J connectivity index is 2.70. The van der Waals surface area contributed by atoms with Crippen LogP contribution in [0.5, 0.6) is 0 Å². The SMILES string of the molecule is CC(C)CCN(C)C(CN)c1cncc(Br)c1. The number of nitrogens with zero attached hydrogens (tertiary/aromatic N) is 2. The first-order valence-electron chi connectivity index (χ1n) is 6.05. The molecule has 0 aliphatic rings. The molecule has 0 saturated carbocycles. The molecule has 0 saturated heterocycles. The highest BCUT2D eigenvalue weighted by Crippen LogP contribution is 2.21. The van der Waals surface area contributed by atoms with Gasteiger partial charge < -0.3 is 5.73 Å². The highest BCUT2D eigenvalue weighted by Gasteiger charge is 2.16. The van der Waals surface area contributed by atoms with E-state index in [2.05, 4.69) is 52.8 Å². The van der Waals surface area contributed by atoms with Crippen molar-refractivity contribution in [1.29, 1.82) is 0 Å². The fraction of sp³-hybridized carbons (Fsp3) is 0.615. The van der Waals surface area contributed by atoms with Crippen molar-refractivity contribution >= 4 is 15.9 Å². The second-order valence-corrected chi connectivity index (χ2v) is 5.77. The molecule has 0 aromatic carbocycles. The Morgan fingerprint density at radius 2 is 2.12 bits per heavy atom. The van der Waals surface area contributed by atoms with Crippen molar-refractivity contribution in [2.24, 2.45) is 11.7 Å². The second kappa shape index (κ2) is 7.09. The maximum atomic E-state index is 5.88. The van der Waals surface area contributed by atoms with E-state index in [1.165, 1.54) is 12.0 Å². The summed E-state index contributed by atoms with van der Waals surface area (Å²) in [5.41, 5.74) is 7.05. The Bertz CT molecular complexity index is 341. The molecule has 0 bridgehead atoms. The monoisotopic (exact) mass is 299 g/mol. The van der Waals surface area contributed by atoms with Gasteiger partial charge >= 0.3 is 0 Å². The van der Waals surface area contributed by atoms with E-state index in [0.29, 0.717) is 6.54 Å². The molecule has 0 amide bonds. The first-order chi connectivity index (χ1) is 8.04. The summed E-state index contributed by atoms with van der Waals surface area (Å²) >= 11 is 3.45. The van der Waals surface area contributed by atoms with Gasteiger partial charge in [-0.1, -0.05) is 13.8 Å². The maximum absolute atomic E-state index is 5.88. The first-order valence-corrected chi connectivity index (χ1v) is 6.84. The average molecular weight is 300 g/mol. The minimum absolute atomic E-state index is 0.249. The largest absolute Gasteiger partial charge is 0.329 e. The van der Waals surface area contributed by atoms with Gasteiger partial charge in [-0.2, -0.15) is 0 Å². The zero-order valence-corrected chi connectivity index (χ0v) is 12.4. The molecule has 0 radical (unpaired) electrons. The lowest BCUT2D eigenvalue weighted by atomic mass is 10.1. The predicted molar refractivity (Wildman–Crippen MR) is 75.8 cm³/mol. The first kappa shape index (κ1) is 14.6. The molecule has 4 heteroatoms. The summed E-state index contributed by atoms with van der Waals surface area (Å²) in [5.74, 6) is 0.719. The minimum atomic E-state index is 0.249. The lowest BCUT2D eigenvalue weighted by Gasteiger charge is -2.27. The van der Waals surface area contributed by atoms with E-state index in [9.17, 15) is 0 Å². The molecular formula is C13H22BrN3. The van der Waals surface area contributed by atoms with Gasteiger partial charge in [0.15, 0.2) is 0 Å². The van der Waals surface area contributed by atoms with Crippen molar-refractivity contribution in [2.75, 3.05) is 20.1 Å². The van der Waals surface area contributed by atoms with Crippen LogP contribution in [-0.4, -0.2) is 30.0 Å². The number of nitrogens with two attached hydrogens (primary N) is 1. The minimum Gasteiger partial charge on any atom is -0.329 e. The van der Waals surface area contributed by atoms with Crippen molar-refractivity contribution < 1.29 is 0 Å². The fourth-order valence-electron chi connectivity index (χ4n) is 1.80. The van der Waals surface area contributed by atoms with Crippen LogP contribution in [0.1, 0.15) is 31.9 Å². The molecule has 17 heavy (non-hydrogen) atoms. The van der Waals surface area contributed by atoms with Gasteiger partial charge in [-0.3, -0.25) is 9.88 Å². The molecule has 1 unspecified atom stereocenters. The van der Waals surface area contributed by atoms with E-state index >= 15 is 0 Å². The van der Waals surface area contributed by atoms with Gasteiger partial charge in [0.25, 0.3) is 0 Å². The molecule has 0 spiro atoms. The molecule has 1 heterocycles. The van der Waals surface area contributed by atoms with Crippen LogP contribution in [-0.2, 0) is 0 Å². The molecule has 3 nitrogen and oxygen atoms in total. The fourth-order valence-corrected chi connectivity index (χ4v) is 2.18. The number of rotatable bonds is 6. The van der Waals surface area contributed by atoms with Gasteiger partial charge in [-0.15, -0.1) is 0 Å². The Morgan fingerprint density at radius 1 is 1.41 bits per heavy atom. The summed E-state index contributed by atoms with van der Waals surface area (Å²) in [4.78, 5) is 6.51. The Kier molecular flexibility index (Phi) is 6.09. The average Bonchev–Trinajstić information content (AvgIpc) is 2.27. The Hall–Kier alpha value is -0.450. The molecule has 0 aliphatic carbocycles. The normalized spacial score (nSPS) is 13.4. The maximum Gasteiger partial charge on any atom is 0.0483 e. The molecule has 1 rings (SSSR count). The van der Waals surface area contributed by atoms with Crippen molar-refractivity contribution in [3.8, 4) is 0 Å². The molecule has 0 aliphatic heterocycles. The molecule has 1 aromatic heterocycles. The second-order valence-electron chi connectivity index (χ2n) is 4.85. The smallest absolute Gasteiger partial charge is 0.0483 e. The highest BCUT2D eigenvalue weighted by atomic mass is 79.9. The number of pyridine rings is 1. The summed E-state index contributed by atoms with van der Waals surface area (Å²) < 4.78 is 1.01. The van der Waals surface area contributed by atoms with Crippen molar-refractivity contribution in [1.82, 2.24) is 9.88 Å². The molecule has 2 N–H and O–H groups in total. The summed E-state index contributed by atoms with van der Waals surface area (Å²) in [5, 5.41) is 0. The van der Waals surface area contributed by atoms with Crippen molar-refractivity contribution in [2.45, 2.75) is 26.3 Å². The number of halogens is 1. The van der Waals surface area contributed by atoms with Gasteiger partial charge in [0, 0.05) is 29.5 Å². The van der Waals surface area contributed by atoms with Crippen molar-refractivity contribution in [3.63, 3.8) is 0 Å². The van der Waals surface area contributed by atoms with E-state index in [1.807, 2.05) is 6.20 Å². The Morgan fingerprint density at radius 3 is 2.65 bits per heavy atom. The highest BCUT2D eigenvalue weighted by molar-refractivity contribution is 9.10. The van der Waals surface area contributed by atoms with Crippen LogP contribution < -0.4 is 5.73 Å². The molecular weight excluding hydrogens is 278 g/mol. The summed E-state index contributed by atoms with van der Waals surface area (Å²) in [6.07, 6.45) is 4.88. The predicted octanol–water partition coefficient (Wildman–Crippen LogP) is 2.82. The van der Waals surface area contributed by atoms with E-state index in [-0.39, 0.29) is 6.04 Å². The van der Waals surface area contributed by atoms with Crippen LogP contribution in [0.2, 0.25) is 0 Å². The van der Waals surface area contributed by atoms with Crippen LogP contribution in [0, 0.1) is 5.92 Å². The third kappa shape index (κ3) is 4.74. The number of aromatic nitrogens is 1. The Labute approximate surface area is 113 Å². The topological polar surface area (TPSA) is 42.1 Å². The van der Waals surface area contributed by atoms with Gasteiger partial charge in [-0.05, 0) is 53.5 Å². The van der Waals surface area contributed by atoms with Gasteiger partial charge in [-0.25, -0.2) is 0 Å². The van der Waals surface area contributed by atoms with Crippen molar-refractivity contribution in [3.05, 3.63) is 28.5 Å². The number of hydrogen-bond acceptors (Lipinski definition) is 3. The van der Waals surface area contributed by atoms with E-state index in [1.54, 1.807) is 6.20 Å². The van der Waals surface area contributed by atoms with E-state index in [4.69, 9.17) is 5.73 Å². The molecule has 0 fully saturated rings. The van der Waals surface area contributed by atoms with E-state index in [0.717, 1.165) is 16.9 Å². The molecule has 96 valence electrons. The molecule has 1 atom stereocenters. The summed E-state index contributed by atoms with van der Waals surface area (Å²) in [7, 11) is 2.13. The van der Waals surface area contributed by atoms with Gasteiger partial charge in [0.2, 0.25) is 0 Å². The van der Waals surface area contributed by atoms with Crippen LogP contribution in [0.15, 0.2) is 22.9 Å². The summed E-state index contributed by atoms with van der Waals surface area (Å²) in [6, 6.07) is 2.34. The third-order valence-electron chi connectivity index (χ3n) is 2.93. The van der Waals surface area contributed by atoms with Crippen LogP contribution >= 0.6 is 15.9 Å². The lowest BCUT2D eigenvalue weighted by Crippen LogP contribution is -2.31. The lowest BCUT2D eigenvalue weighted by molar-refractivity contribution is 0.236. The van der Waals surface area contributed by atoms with E-state index < -0.39 is 0 Å². The zero-order chi connectivity index (χ0) is 12.8.